The minimum Gasteiger partial charge on any atom is -0.465 e. The fourth-order valence-electron chi connectivity index (χ4n) is 2.15. The summed E-state index contributed by atoms with van der Waals surface area (Å²) < 4.78 is 11.8. The molecular formula is C14H23N3O4. The molecule has 0 amide bonds. The first-order chi connectivity index (χ1) is 9.90. The van der Waals surface area contributed by atoms with Crippen LogP contribution in [0.3, 0.4) is 0 Å². The van der Waals surface area contributed by atoms with Gasteiger partial charge in [-0.1, -0.05) is 13.8 Å². The SMILES string of the molecule is CCOC(=O)C(Cc1ncnn1C)(C(=O)OCC)C(C)C. The molecule has 1 rings (SSSR count). The van der Waals surface area contributed by atoms with Crippen molar-refractivity contribution in [2.75, 3.05) is 13.2 Å². The number of ether oxygens (including phenoxy) is 2. The van der Waals surface area contributed by atoms with Crippen LogP contribution >= 0.6 is 0 Å². The lowest BCUT2D eigenvalue weighted by molar-refractivity contribution is -0.176. The van der Waals surface area contributed by atoms with Gasteiger partial charge in [0.25, 0.3) is 0 Å². The lowest BCUT2D eigenvalue weighted by Crippen LogP contribution is -2.48. The van der Waals surface area contributed by atoms with E-state index in [2.05, 4.69) is 10.1 Å². The second kappa shape index (κ2) is 7.19. The van der Waals surface area contributed by atoms with Crippen LogP contribution in [0.5, 0.6) is 0 Å². The second-order valence-corrected chi connectivity index (χ2v) is 5.04. The quantitative estimate of drug-likeness (QED) is 0.554. The van der Waals surface area contributed by atoms with Gasteiger partial charge in [0.1, 0.15) is 12.2 Å². The van der Waals surface area contributed by atoms with Crippen molar-refractivity contribution in [3.05, 3.63) is 12.2 Å². The van der Waals surface area contributed by atoms with E-state index in [1.54, 1.807) is 34.7 Å². The van der Waals surface area contributed by atoms with Gasteiger partial charge in [0, 0.05) is 13.5 Å². The Morgan fingerprint density at radius 1 is 1.24 bits per heavy atom. The fraction of sp³-hybridized carbons (Fsp3) is 0.714. The predicted octanol–water partition coefficient (Wildman–Crippen LogP) is 1.13. The lowest BCUT2D eigenvalue weighted by Gasteiger charge is -2.32. The van der Waals surface area contributed by atoms with Gasteiger partial charge >= 0.3 is 11.9 Å². The van der Waals surface area contributed by atoms with Crippen LogP contribution in [0, 0.1) is 11.3 Å². The normalized spacial score (nSPS) is 11.5. The number of aryl methyl sites for hydroxylation is 1. The van der Waals surface area contributed by atoms with Gasteiger partial charge in [0.2, 0.25) is 0 Å². The van der Waals surface area contributed by atoms with Crippen LogP contribution in [0.15, 0.2) is 6.33 Å². The standard InChI is InChI=1S/C14H23N3O4/c1-6-20-12(18)14(10(3)4,13(19)21-7-2)8-11-15-9-16-17(11)5/h9-10H,6-8H2,1-5H3. The van der Waals surface area contributed by atoms with E-state index in [0.717, 1.165) is 0 Å². The molecule has 0 aliphatic rings. The summed E-state index contributed by atoms with van der Waals surface area (Å²) in [5.41, 5.74) is -1.41. The number of hydrogen-bond donors (Lipinski definition) is 0. The maximum atomic E-state index is 12.5. The smallest absolute Gasteiger partial charge is 0.324 e. The summed E-state index contributed by atoms with van der Waals surface area (Å²) in [6.07, 6.45) is 1.48. The van der Waals surface area contributed by atoms with E-state index in [-0.39, 0.29) is 25.6 Å². The van der Waals surface area contributed by atoms with Crippen molar-refractivity contribution in [1.29, 1.82) is 0 Å². The van der Waals surface area contributed by atoms with Crippen LogP contribution in [0.4, 0.5) is 0 Å². The largest absolute Gasteiger partial charge is 0.465 e. The molecular weight excluding hydrogens is 274 g/mol. The third-order valence-electron chi connectivity index (χ3n) is 3.51. The zero-order chi connectivity index (χ0) is 16.0. The predicted molar refractivity (Wildman–Crippen MR) is 75.2 cm³/mol. The number of hydrogen-bond acceptors (Lipinski definition) is 6. The first-order valence-electron chi connectivity index (χ1n) is 7.07. The van der Waals surface area contributed by atoms with Gasteiger partial charge in [-0.15, -0.1) is 0 Å². The first-order valence-corrected chi connectivity index (χ1v) is 7.07. The number of esters is 2. The Morgan fingerprint density at radius 3 is 2.10 bits per heavy atom. The van der Waals surface area contributed by atoms with Gasteiger partial charge in [-0.25, -0.2) is 4.98 Å². The van der Waals surface area contributed by atoms with E-state index in [1.807, 2.05) is 0 Å². The van der Waals surface area contributed by atoms with E-state index in [0.29, 0.717) is 5.82 Å². The van der Waals surface area contributed by atoms with Gasteiger partial charge in [-0.2, -0.15) is 5.10 Å². The summed E-state index contributed by atoms with van der Waals surface area (Å²) in [6.45, 7) is 7.40. The highest BCUT2D eigenvalue weighted by Gasteiger charge is 2.52. The Morgan fingerprint density at radius 2 is 1.76 bits per heavy atom. The van der Waals surface area contributed by atoms with Gasteiger partial charge in [0.15, 0.2) is 5.41 Å². The molecule has 0 aromatic carbocycles. The molecule has 7 heteroatoms. The van der Waals surface area contributed by atoms with E-state index in [1.165, 1.54) is 11.0 Å². The molecule has 0 unspecified atom stereocenters. The van der Waals surface area contributed by atoms with Gasteiger partial charge in [-0.3, -0.25) is 14.3 Å². The Hall–Kier alpha value is -1.92. The summed E-state index contributed by atoms with van der Waals surface area (Å²) in [5.74, 6) is -0.931. The van der Waals surface area contributed by atoms with Crippen molar-refractivity contribution in [1.82, 2.24) is 14.8 Å². The van der Waals surface area contributed by atoms with Crippen LogP contribution in [-0.4, -0.2) is 39.9 Å². The second-order valence-electron chi connectivity index (χ2n) is 5.04. The number of carbonyl (C=O) groups excluding carboxylic acids is 2. The van der Waals surface area contributed by atoms with Crippen molar-refractivity contribution in [3.8, 4) is 0 Å². The molecule has 0 saturated heterocycles. The molecule has 0 radical (unpaired) electrons. The number of rotatable bonds is 7. The lowest BCUT2D eigenvalue weighted by atomic mass is 9.74. The Bertz CT molecular complexity index is 478. The average Bonchev–Trinajstić information content (AvgIpc) is 2.81. The van der Waals surface area contributed by atoms with Gasteiger partial charge in [0.05, 0.1) is 13.2 Å². The summed E-state index contributed by atoms with van der Waals surface area (Å²) in [4.78, 5) is 29.1. The summed E-state index contributed by atoms with van der Waals surface area (Å²) in [5, 5.41) is 3.97. The summed E-state index contributed by atoms with van der Waals surface area (Å²) in [7, 11) is 1.71. The third kappa shape index (κ3) is 3.40. The van der Waals surface area contributed by atoms with Crippen LogP contribution in [-0.2, 0) is 32.5 Å². The highest BCUT2D eigenvalue weighted by molar-refractivity contribution is 6.00. The Labute approximate surface area is 124 Å². The molecule has 0 spiro atoms. The van der Waals surface area contributed by atoms with Crippen molar-refractivity contribution in [2.24, 2.45) is 18.4 Å². The molecule has 1 aromatic heterocycles. The van der Waals surface area contributed by atoms with Crippen molar-refractivity contribution >= 4 is 11.9 Å². The first kappa shape index (κ1) is 17.1. The van der Waals surface area contributed by atoms with Gasteiger partial charge < -0.3 is 9.47 Å². The van der Waals surface area contributed by atoms with E-state index in [4.69, 9.17) is 9.47 Å². The molecule has 0 aliphatic carbocycles. The van der Waals surface area contributed by atoms with Crippen LogP contribution in [0.2, 0.25) is 0 Å². The summed E-state index contributed by atoms with van der Waals surface area (Å²) in [6, 6.07) is 0. The Kier molecular flexibility index (Phi) is 5.87. The maximum absolute atomic E-state index is 12.5. The van der Waals surface area contributed by atoms with Crippen molar-refractivity contribution in [2.45, 2.75) is 34.1 Å². The highest BCUT2D eigenvalue weighted by Crippen LogP contribution is 2.34. The minimum absolute atomic E-state index is 0.0961. The van der Waals surface area contributed by atoms with Crippen LogP contribution < -0.4 is 0 Å². The molecule has 1 aromatic rings. The molecule has 0 N–H and O–H groups in total. The van der Waals surface area contributed by atoms with E-state index in [9.17, 15) is 9.59 Å². The zero-order valence-electron chi connectivity index (χ0n) is 13.3. The molecule has 0 fully saturated rings. The molecule has 118 valence electrons. The number of nitrogens with zero attached hydrogens (tertiary/aromatic N) is 3. The van der Waals surface area contributed by atoms with Crippen LogP contribution in [0.25, 0.3) is 0 Å². The molecule has 7 nitrogen and oxygen atoms in total. The molecule has 0 saturated carbocycles. The molecule has 0 aliphatic heterocycles. The van der Waals surface area contributed by atoms with Crippen molar-refractivity contribution in [3.63, 3.8) is 0 Å². The Balaban J connectivity index is 3.26. The van der Waals surface area contributed by atoms with Crippen molar-refractivity contribution < 1.29 is 19.1 Å². The third-order valence-corrected chi connectivity index (χ3v) is 3.51. The number of carbonyl (C=O) groups is 2. The fourth-order valence-corrected chi connectivity index (χ4v) is 2.15. The highest BCUT2D eigenvalue weighted by atomic mass is 16.6. The molecule has 0 bridgehead atoms. The van der Waals surface area contributed by atoms with E-state index >= 15 is 0 Å². The monoisotopic (exact) mass is 297 g/mol. The summed E-state index contributed by atoms with van der Waals surface area (Å²) >= 11 is 0. The average molecular weight is 297 g/mol. The van der Waals surface area contributed by atoms with Crippen LogP contribution in [0.1, 0.15) is 33.5 Å². The number of aromatic nitrogens is 3. The molecule has 21 heavy (non-hydrogen) atoms. The molecule has 0 atom stereocenters. The van der Waals surface area contributed by atoms with E-state index < -0.39 is 17.4 Å². The minimum atomic E-state index is -1.41. The topological polar surface area (TPSA) is 83.3 Å². The zero-order valence-corrected chi connectivity index (χ0v) is 13.3. The van der Waals surface area contributed by atoms with Gasteiger partial charge in [-0.05, 0) is 19.8 Å². The maximum Gasteiger partial charge on any atom is 0.324 e. The molecule has 1 heterocycles.